The molecule has 0 saturated carbocycles. The van der Waals surface area contributed by atoms with E-state index in [1.165, 1.54) is 37.7 Å². The quantitative estimate of drug-likeness (QED) is 0.126. The minimum atomic E-state index is -1.03. The van der Waals surface area contributed by atoms with Crippen LogP contribution in [0.4, 0.5) is 0 Å². The van der Waals surface area contributed by atoms with Gasteiger partial charge in [0.25, 0.3) is 5.19 Å². The molecule has 0 aliphatic rings. The minimum absolute atomic E-state index is 0.0180. The van der Waals surface area contributed by atoms with Gasteiger partial charge in [0.1, 0.15) is 41.7 Å². The molecular formula is C24H25ClN6O8S2. The van der Waals surface area contributed by atoms with Crippen molar-refractivity contribution >= 4 is 52.6 Å². The fourth-order valence-electron chi connectivity index (χ4n) is 3.35. The molecule has 2 unspecified atom stereocenters. The van der Waals surface area contributed by atoms with Crippen LogP contribution in [0.5, 0.6) is 5.19 Å². The summed E-state index contributed by atoms with van der Waals surface area (Å²) in [6.45, 7) is 4.89. The smallest absolute Gasteiger partial charge is 0.303 e. The number of nitrogens with zero attached hydrogens (tertiary/aromatic N) is 6. The van der Waals surface area contributed by atoms with E-state index in [4.69, 9.17) is 30.5 Å². The molecule has 41 heavy (non-hydrogen) atoms. The topological polar surface area (TPSA) is 189 Å². The molecule has 4 atom stereocenters. The molecule has 0 aliphatic carbocycles. The van der Waals surface area contributed by atoms with E-state index in [0.717, 1.165) is 23.1 Å². The molecular weight excluding hydrogens is 600 g/mol. The van der Waals surface area contributed by atoms with Gasteiger partial charge in [-0.1, -0.05) is 39.9 Å². The molecule has 1 N–H and O–H groups in total. The van der Waals surface area contributed by atoms with E-state index in [1.54, 1.807) is 18.5 Å². The number of esters is 3. The standard InChI is InChI=1S/C24H25ClN6O8S2/c1-12(37-14(3)33)22(10-36-13(2)32)39-23(41-16-5-17(25)18(6-26)27-7-16)21(38-15(4)34)9-31-8-19(29-30-31)20-11-40-24(35)28-20/h5,7-8,11-12,21-23H,9-10H2,1-4H3,(H,28,35)/t12-,21+,22?,23?/m1/s1. The fourth-order valence-corrected chi connectivity index (χ4v) is 5.22. The summed E-state index contributed by atoms with van der Waals surface area (Å²) in [5.41, 5.74) is -0.240. The van der Waals surface area contributed by atoms with Crippen LogP contribution in [0.2, 0.25) is 5.02 Å². The number of carbonyl (C=O) groups is 3. The number of rotatable bonds is 13. The SMILES string of the molecule is CC(=O)OCC(OC(Sc1cnc(C#N)c(Cl)c1)[C@H](Cn1cc(-c2csc(O)n2)nn1)OC(C)=O)[C@@H](C)OC(C)=O. The van der Waals surface area contributed by atoms with Crippen molar-refractivity contribution in [2.45, 2.75) is 62.9 Å². The van der Waals surface area contributed by atoms with Gasteiger partial charge in [-0.15, -0.1) is 5.10 Å². The number of hydrogen-bond acceptors (Lipinski definition) is 15. The van der Waals surface area contributed by atoms with E-state index in [9.17, 15) is 24.8 Å². The molecule has 17 heteroatoms. The van der Waals surface area contributed by atoms with Gasteiger partial charge < -0.3 is 24.1 Å². The highest BCUT2D eigenvalue weighted by atomic mass is 35.5. The molecule has 0 bridgehead atoms. The third kappa shape index (κ3) is 9.67. The molecule has 3 rings (SSSR count). The lowest BCUT2D eigenvalue weighted by molar-refractivity contribution is -0.170. The van der Waals surface area contributed by atoms with E-state index in [-0.39, 0.29) is 29.1 Å². The van der Waals surface area contributed by atoms with Crippen molar-refractivity contribution in [1.29, 1.82) is 5.26 Å². The predicted molar refractivity (Wildman–Crippen MR) is 145 cm³/mol. The Morgan fingerprint density at radius 1 is 1.17 bits per heavy atom. The third-order valence-electron chi connectivity index (χ3n) is 5.09. The first-order valence-electron chi connectivity index (χ1n) is 11.9. The highest BCUT2D eigenvalue weighted by molar-refractivity contribution is 7.99. The van der Waals surface area contributed by atoms with Gasteiger partial charge in [-0.25, -0.2) is 14.6 Å². The van der Waals surface area contributed by atoms with Gasteiger partial charge in [0, 0.05) is 37.2 Å². The third-order valence-corrected chi connectivity index (χ3v) is 7.16. The number of aromatic nitrogens is 5. The molecule has 0 radical (unpaired) electrons. The van der Waals surface area contributed by atoms with Crippen LogP contribution in [0, 0.1) is 11.3 Å². The molecule has 0 aliphatic heterocycles. The Kier molecular flexibility index (Phi) is 11.4. The van der Waals surface area contributed by atoms with Crippen LogP contribution in [0.3, 0.4) is 0 Å². The Balaban J connectivity index is 1.97. The van der Waals surface area contributed by atoms with Crippen molar-refractivity contribution in [2.24, 2.45) is 0 Å². The lowest BCUT2D eigenvalue weighted by atomic mass is 10.2. The second kappa shape index (κ2) is 14.7. The summed E-state index contributed by atoms with van der Waals surface area (Å²) in [5, 5.41) is 28.5. The first-order valence-corrected chi connectivity index (χ1v) is 14.0. The van der Waals surface area contributed by atoms with Crippen molar-refractivity contribution < 1.29 is 38.4 Å². The van der Waals surface area contributed by atoms with Gasteiger partial charge in [0.15, 0.2) is 11.8 Å². The maximum atomic E-state index is 12.2. The lowest BCUT2D eigenvalue weighted by Crippen LogP contribution is -2.43. The van der Waals surface area contributed by atoms with Crippen molar-refractivity contribution in [1.82, 2.24) is 25.0 Å². The lowest BCUT2D eigenvalue weighted by Gasteiger charge is -2.32. The first-order chi connectivity index (χ1) is 19.4. The van der Waals surface area contributed by atoms with Crippen molar-refractivity contribution in [3.63, 3.8) is 0 Å². The second-order valence-corrected chi connectivity index (χ2v) is 10.8. The number of aromatic hydroxyl groups is 1. The fraction of sp³-hybridized carbons (Fsp3) is 0.417. The number of ether oxygens (including phenoxy) is 4. The molecule has 0 spiro atoms. The predicted octanol–water partition coefficient (Wildman–Crippen LogP) is 2.98. The number of thioether (sulfide) groups is 1. The summed E-state index contributed by atoms with van der Waals surface area (Å²) in [7, 11) is 0. The second-order valence-electron chi connectivity index (χ2n) is 8.38. The maximum absolute atomic E-state index is 12.2. The molecule has 218 valence electrons. The summed E-state index contributed by atoms with van der Waals surface area (Å²) in [5.74, 6) is -1.80. The zero-order chi connectivity index (χ0) is 30.1. The largest absolute Gasteiger partial charge is 0.486 e. The molecule has 0 fully saturated rings. The Morgan fingerprint density at radius 2 is 1.90 bits per heavy atom. The van der Waals surface area contributed by atoms with Crippen LogP contribution in [-0.4, -0.2) is 78.3 Å². The van der Waals surface area contributed by atoms with Crippen LogP contribution in [0.15, 0.2) is 28.7 Å². The normalized spacial score (nSPS) is 13.9. The summed E-state index contributed by atoms with van der Waals surface area (Å²) in [6, 6.07) is 3.38. The molecule has 3 aromatic rings. The zero-order valence-electron chi connectivity index (χ0n) is 22.2. The number of hydrogen-bond donors (Lipinski definition) is 1. The Morgan fingerprint density at radius 3 is 2.49 bits per heavy atom. The van der Waals surface area contributed by atoms with E-state index in [0.29, 0.717) is 16.3 Å². The number of thiazole rings is 1. The monoisotopic (exact) mass is 624 g/mol. The Bertz CT molecular complexity index is 1430. The first kappa shape index (κ1) is 31.7. The van der Waals surface area contributed by atoms with Gasteiger partial charge >= 0.3 is 17.9 Å². The molecule has 3 aromatic heterocycles. The average molecular weight is 625 g/mol. The molecule has 14 nitrogen and oxygen atoms in total. The molecule has 0 saturated heterocycles. The molecule has 0 aromatic carbocycles. The highest BCUT2D eigenvalue weighted by Crippen LogP contribution is 2.32. The van der Waals surface area contributed by atoms with Crippen molar-refractivity contribution in [2.75, 3.05) is 6.61 Å². The Hall–Kier alpha value is -3.78. The van der Waals surface area contributed by atoms with Crippen molar-refractivity contribution in [3.8, 4) is 22.7 Å². The van der Waals surface area contributed by atoms with E-state index in [2.05, 4.69) is 20.3 Å². The number of carbonyl (C=O) groups excluding carboxylic acids is 3. The van der Waals surface area contributed by atoms with Gasteiger partial charge in [0.05, 0.1) is 17.8 Å². The van der Waals surface area contributed by atoms with Crippen LogP contribution >= 0.6 is 34.7 Å². The van der Waals surface area contributed by atoms with E-state index in [1.807, 2.05) is 6.07 Å². The van der Waals surface area contributed by atoms with Crippen LogP contribution in [-0.2, 0) is 39.9 Å². The highest BCUT2D eigenvalue weighted by Gasteiger charge is 2.34. The van der Waals surface area contributed by atoms with Gasteiger partial charge in [0.2, 0.25) is 0 Å². The maximum Gasteiger partial charge on any atom is 0.303 e. The summed E-state index contributed by atoms with van der Waals surface area (Å²) >= 11 is 8.26. The summed E-state index contributed by atoms with van der Waals surface area (Å²) in [6.07, 6.45) is 0.0601. The van der Waals surface area contributed by atoms with Crippen LogP contribution in [0.1, 0.15) is 33.4 Å². The van der Waals surface area contributed by atoms with Gasteiger partial charge in [-0.3, -0.25) is 14.4 Å². The average Bonchev–Trinajstić information content (AvgIpc) is 3.53. The number of nitriles is 1. The Labute approximate surface area is 247 Å². The zero-order valence-corrected chi connectivity index (χ0v) is 24.6. The summed E-state index contributed by atoms with van der Waals surface area (Å²) < 4.78 is 23.7. The number of halogens is 1. The van der Waals surface area contributed by atoms with Crippen molar-refractivity contribution in [3.05, 3.63) is 34.6 Å². The van der Waals surface area contributed by atoms with Gasteiger partial charge in [-0.05, 0) is 13.0 Å². The molecule has 3 heterocycles. The van der Waals surface area contributed by atoms with E-state index >= 15 is 0 Å². The van der Waals surface area contributed by atoms with Crippen LogP contribution < -0.4 is 0 Å². The minimum Gasteiger partial charge on any atom is -0.486 e. The van der Waals surface area contributed by atoms with E-state index < -0.39 is 41.7 Å². The summed E-state index contributed by atoms with van der Waals surface area (Å²) in [4.78, 5) is 43.9. The van der Waals surface area contributed by atoms with Gasteiger partial charge in [-0.2, -0.15) is 5.26 Å². The number of pyridine rings is 1. The molecule has 0 amide bonds. The van der Waals surface area contributed by atoms with Crippen LogP contribution in [0.25, 0.3) is 11.4 Å².